The Labute approximate surface area is 169 Å². The van der Waals surface area contributed by atoms with Crippen molar-refractivity contribution in [3.05, 3.63) is 72.3 Å². The van der Waals surface area contributed by atoms with E-state index in [9.17, 15) is 9.59 Å². The number of benzene rings is 3. The van der Waals surface area contributed by atoms with Gasteiger partial charge in [0.25, 0.3) is 11.8 Å². The summed E-state index contributed by atoms with van der Waals surface area (Å²) in [5.41, 5.74) is 5.12. The van der Waals surface area contributed by atoms with E-state index in [0.29, 0.717) is 29.6 Å². The summed E-state index contributed by atoms with van der Waals surface area (Å²) in [5.74, 6) is 0.490. The fourth-order valence-electron chi connectivity index (χ4n) is 2.73. The number of hydrogen-bond donors (Lipinski definition) is 2. The van der Waals surface area contributed by atoms with Gasteiger partial charge in [-0.25, -0.2) is 0 Å². The van der Waals surface area contributed by atoms with Crippen molar-refractivity contribution < 1.29 is 19.1 Å². The molecule has 0 bridgehead atoms. The van der Waals surface area contributed by atoms with Crippen molar-refractivity contribution in [2.75, 3.05) is 13.2 Å². The van der Waals surface area contributed by atoms with E-state index in [2.05, 4.69) is 10.9 Å². The van der Waals surface area contributed by atoms with Crippen LogP contribution < -0.4 is 20.3 Å². The minimum Gasteiger partial charge on any atom is -0.492 e. The molecule has 0 heterocycles. The van der Waals surface area contributed by atoms with Crippen molar-refractivity contribution >= 4 is 22.6 Å². The first kappa shape index (κ1) is 20.2. The van der Waals surface area contributed by atoms with Crippen molar-refractivity contribution in [2.24, 2.45) is 5.92 Å². The quantitative estimate of drug-likeness (QED) is 0.601. The zero-order valence-electron chi connectivity index (χ0n) is 16.5. The second kappa shape index (κ2) is 9.59. The molecule has 0 fully saturated rings. The van der Waals surface area contributed by atoms with Gasteiger partial charge in [0.1, 0.15) is 11.5 Å². The van der Waals surface area contributed by atoms with Gasteiger partial charge >= 0.3 is 0 Å². The van der Waals surface area contributed by atoms with Crippen molar-refractivity contribution in [1.82, 2.24) is 10.9 Å². The Balaban J connectivity index is 1.55. The average Bonchev–Trinajstić information content (AvgIpc) is 2.74. The summed E-state index contributed by atoms with van der Waals surface area (Å²) in [6, 6.07) is 20.3. The summed E-state index contributed by atoms with van der Waals surface area (Å²) < 4.78 is 11.3. The zero-order chi connectivity index (χ0) is 20.6. The molecule has 0 atom stereocenters. The average molecular weight is 392 g/mol. The van der Waals surface area contributed by atoms with E-state index < -0.39 is 11.8 Å². The summed E-state index contributed by atoms with van der Waals surface area (Å²) >= 11 is 0. The first-order valence-corrected chi connectivity index (χ1v) is 9.46. The lowest BCUT2D eigenvalue weighted by molar-refractivity contribution is -0.123. The van der Waals surface area contributed by atoms with Crippen LogP contribution in [0.4, 0.5) is 0 Å². The van der Waals surface area contributed by atoms with Gasteiger partial charge in [0.15, 0.2) is 6.61 Å². The molecule has 0 aliphatic rings. The third-order valence-electron chi connectivity index (χ3n) is 4.13. The van der Waals surface area contributed by atoms with Crippen LogP contribution in [-0.2, 0) is 4.79 Å². The van der Waals surface area contributed by atoms with Gasteiger partial charge < -0.3 is 9.47 Å². The monoisotopic (exact) mass is 392 g/mol. The van der Waals surface area contributed by atoms with Gasteiger partial charge in [0.05, 0.1) is 12.2 Å². The summed E-state index contributed by atoms with van der Waals surface area (Å²) in [6.07, 6.45) is 0. The highest BCUT2D eigenvalue weighted by Gasteiger charge is 2.14. The fraction of sp³-hybridized carbons (Fsp3) is 0.217. The molecule has 6 nitrogen and oxygen atoms in total. The van der Waals surface area contributed by atoms with E-state index in [1.54, 1.807) is 30.3 Å². The predicted molar refractivity (Wildman–Crippen MR) is 112 cm³/mol. The molecule has 3 aromatic carbocycles. The van der Waals surface area contributed by atoms with E-state index in [1.807, 2.05) is 50.2 Å². The van der Waals surface area contributed by atoms with Crippen molar-refractivity contribution in [2.45, 2.75) is 13.8 Å². The second-order valence-corrected chi connectivity index (χ2v) is 6.97. The van der Waals surface area contributed by atoms with E-state index in [1.165, 1.54) is 0 Å². The molecule has 29 heavy (non-hydrogen) atoms. The van der Waals surface area contributed by atoms with Gasteiger partial charge in [-0.15, -0.1) is 0 Å². The van der Waals surface area contributed by atoms with Crippen LogP contribution >= 0.6 is 0 Å². The first-order valence-electron chi connectivity index (χ1n) is 9.46. The normalized spacial score (nSPS) is 10.6. The molecule has 3 rings (SSSR count). The molecule has 150 valence electrons. The number of ether oxygens (including phenoxy) is 2. The molecule has 0 radical (unpaired) electrons. The molecule has 0 spiro atoms. The van der Waals surface area contributed by atoms with Crippen molar-refractivity contribution in [3.63, 3.8) is 0 Å². The topological polar surface area (TPSA) is 76.7 Å². The van der Waals surface area contributed by atoms with Gasteiger partial charge in [-0.1, -0.05) is 62.4 Å². The van der Waals surface area contributed by atoms with E-state index in [4.69, 9.17) is 9.47 Å². The molecule has 0 aliphatic carbocycles. The number of hydrogen-bond acceptors (Lipinski definition) is 4. The molecule has 0 saturated heterocycles. The second-order valence-electron chi connectivity index (χ2n) is 6.97. The summed E-state index contributed by atoms with van der Waals surface area (Å²) in [5, 5.41) is 1.94. The minimum atomic E-state index is -0.466. The lowest BCUT2D eigenvalue weighted by atomic mass is 10.1. The zero-order valence-corrected chi connectivity index (χ0v) is 16.5. The van der Waals surface area contributed by atoms with E-state index >= 15 is 0 Å². The SMILES string of the molecule is CC(C)COc1ccccc1C(=O)NNC(=O)COc1cccc2ccccc12. The predicted octanol–water partition coefficient (Wildman–Crippen LogP) is 3.71. The number of carbonyl (C=O) groups is 2. The lowest BCUT2D eigenvalue weighted by Crippen LogP contribution is -2.44. The molecule has 0 unspecified atom stereocenters. The van der Waals surface area contributed by atoms with Gasteiger partial charge in [-0.2, -0.15) is 0 Å². The molecule has 2 N–H and O–H groups in total. The van der Waals surface area contributed by atoms with Crippen LogP contribution in [0.25, 0.3) is 10.8 Å². The summed E-state index contributed by atoms with van der Waals surface area (Å²) in [4.78, 5) is 24.5. The Bertz CT molecular complexity index is 996. The maximum Gasteiger partial charge on any atom is 0.276 e. The van der Waals surface area contributed by atoms with Gasteiger partial charge in [-0.3, -0.25) is 20.4 Å². The third-order valence-corrected chi connectivity index (χ3v) is 4.13. The van der Waals surface area contributed by atoms with Crippen LogP contribution in [0.1, 0.15) is 24.2 Å². The molecule has 2 amide bonds. The number of nitrogens with one attached hydrogen (secondary N) is 2. The minimum absolute atomic E-state index is 0.222. The highest BCUT2D eigenvalue weighted by Crippen LogP contribution is 2.25. The highest BCUT2D eigenvalue weighted by molar-refractivity contribution is 5.98. The Morgan fingerprint density at radius 1 is 0.828 bits per heavy atom. The van der Waals surface area contributed by atoms with Crippen LogP contribution in [0, 0.1) is 5.92 Å². The van der Waals surface area contributed by atoms with Crippen LogP contribution in [0.15, 0.2) is 66.7 Å². The number of carbonyl (C=O) groups excluding carboxylic acids is 2. The first-order chi connectivity index (χ1) is 14.0. The number of rotatable bonds is 7. The Morgan fingerprint density at radius 2 is 1.52 bits per heavy atom. The number of amides is 2. The smallest absolute Gasteiger partial charge is 0.276 e. The van der Waals surface area contributed by atoms with Crippen molar-refractivity contribution in [1.29, 1.82) is 0 Å². The van der Waals surface area contributed by atoms with Crippen LogP contribution in [0.3, 0.4) is 0 Å². The molecule has 0 saturated carbocycles. The molecule has 0 aliphatic heterocycles. The van der Waals surface area contributed by atoms with Crippen LogP contribution in [0.2, 0.25) is 0 Å². The lowest BCUT2D eigenvalue weighted by Gasteiger charge is -2.14. The fourth-order valence-corrected chi connectivity index (χ4v) is 2.73. The molecular weight excluding hydrogens is 368 g/mol. The highest BCUT2D eigenvalue weighted by atomic mass is 16.5. The van der Waals surface area contributed by atoms with Crippen molar-refractivity contribution in [3.8, 4) is 11.5 Å². The number of para-hydroxylation sites is 1. The van der Waals surface area contributed by atoms with Gasteiger partial charge in [0.2, 0.25) is 0 Å². The van der Waals surface area contributed by atoms with E-state index in [-0.39, 0.29) is 6.61 Å². The number of hydrazine groups is 1. The Morgan fingerprint density at radius 3 is 2.34 bits per heavy atom. The van der Waals surface area contributed by atoms with Gasteiger partial charge in [0, 0.05) is 5.39 Å². The largest absolute Gasteiger partial charge is 0.492 e. The molecular formula is C23H24N2O4. The van der Waals surface area contributed by atoms with Crippen LogP contribution in [0.5, 0.6) is 11.5 Å². The van der Waals surface area contributed by atoms with Crippen LogP contribution in [-0.4, -0.2) is 25.0 Å². The molecule has 0 aromatic heterocycles. The van der Waals surface area contributed by atoms with E-state index in [0.717, 1.165) is 10.8 Å². The standard InChI is InChI=1S/C23H24N2O4/c1-16(2)14-28-21-12-6-5-11-19(21)23(27)25-24-22(26)15-29-20-13-7-9-17-8-3-4-10-18(17)20/h3-13,16H,14-15H2,1-2H3,(H,24,26)(H,25,27). The Hall–Kier alpha value is -3.54. The third kappa shape index (κ3) is 5.48. The van der Waals surface area contributed by atoms with Gasteiger partial charge in [-0.05, 0) is 29.5 Å². The summed E-state index contributed by atoms with van der Waals surface area (Å²) in [6.45, 7) is 4.33. The maximum absolute atomic E-state index is 12.4. The number of fused-ring (bicyclic) bond motifs is 1. The molecule has 3 aromatic rings. The molecule has 6 heteroatoms. The Kier molecular flexibility index (Phi) is 6.68. The summed E-state index contributed by atoms with van der Waals surface area (Å²) in [7, 11) is 0. The maximum atomic E-state index is 12.4.